The summed E-state index contributed by atoms with van der Waals surface area (Å²) in [7, 11) is 0. The molecule has 0 saturated heterocycles. The van der Waals surface area contributed by atoms with Crippen LogP contribution in [0, 0.1) is 10.8 Å². The fourth-order valence-corrected chi connectivity index (χ4v) is 2.80. The van der Waals surface area contributed by atoms with Crippen LogP contribution in [-0.2, 0) is 0 Å². The molecule has 110 valence electrons. The number of carboxylic acids is 1. The second kappa shape index (κ2) is 5.09. The molecule has 1 aliphatic rings. The molecular formula is C16H23NO3. The summed E-state index contributed by atoms with van der Waals surface area (Å²) >= 11 is 0. The second-order valence-electron chi connectivity index (χ2n) is 6.51. The van der Waals surface area contributed by atoms with Gasteiger partial charge in [-0.1, -0.05) is 33.8 Å². The van der Waals surface area contributed by atoms with Crippen molar-refractivity contribution in [2.45, 2.75) is 33.7 Å². The lowest BCUT2D eigenvalue weighted by atomic mass is 10.0. The van der Waals surface area contributed by atoms with Crippen LogP contribution in [0.4, 0.5) is 0 Å². The Labute approximate surface area is 120 Å². The van der Waals surface area contributed by atoms with E-state index in [0.717, 1.165) is 6.54 Å². The third-order valence-electron chi connectivity index (χ3n) is 4.82. The summed E-state index contributed by atoms with van der Waals surface area (Å²) in [6.07, 6.45) is 0. The first-order chi connectivity index (χ1) is 9.26. The standard InChI is InChI=1S/C16H23NO3/c1-15(2)14(16(15,3)4)17-8-9-20-12-7-5-6-11(10-12)13(18)19/h5-7,10,14,17H,8-9H2,1-4H3,(H,18,19). The molecule has 0 spiro atoms. The van der Waals surface area contributed by atoms with E-state index in [0.29, 0.717) is 29.2 Å². The van der Waals surface area contributed by atoms with Gasteiger partial charge in [-0.2, -0.15) is 0 Å². The maximum Gasteiger partial charge on any atom is 0.335 e. The highest BCUT2D eigenvalue weighted by molar-refractivity contribution is 5.87. The topological polar surface area (TPSA) is 58.6 Å². The summed E-state index contributed by atoms with van der Waals surface area (Å²) in [5.74, 6) is -0.337. The zero-order valence-corrected chi connectivity index (χ0v) is 12.6. The van der Waals surface area contributed by atoms with Crippen LogP contribution < -0.4 is 10.1 Å². The molecule has 1 aromatic rings. The van der Waals surface area contributed by atoms with Gasteiger partial charge in [0.2, 0.25) is 0 Å². The van der Waals surface area contributed by atoms with Crippen LogP contribution >= 0.6 is 0 Å². The molecule has 2 N–H and O–H groups in total. The molecule has 0 bridgehead atoms. The summed E-state index contributed by atoms with van der Waals surface area (Å²) in [6, 6.07) is 7.08. The van der Waals surface area contributed by atoms with Crippen molar-refractivity contribution in [2.75, 3.05) is 13.2 Å². The predicted octanol–water partition coefficient (Wildman–Crippen LogP) is 2.79. The Kier molecular flexibility index (Phi) is 3.78. The fourth-order valence-electron chi connectivity index (χ4n) is 2.80. The minimum Gasteiger partial charge on any atom is -0.492 e. The molecule has 2 rings (SSSR count). The second-order valence-corrected chi connectivity index (χ2v) is 6.51. The zero-order chi connectivity index (χ0) is 15.0. The monoisotopic (exact) mass is 277 g/mol. The molecule has 0 unspecified atom stereocenters. The molecular weight excluding hydrogens is 254 g/mol. The van der Waals surface area contributed by atoms with Gasteiger partial charge < -0.3 is 15.2 Å². The molecule has 0 aromatic heterocycles. The Bertz CT molecular complexity index is 494. The maximum atomic E-state index is 10.9. The van der Waals surface area contributed by atoms with E-state index in [1.54, 1.807) is 24.3 Å². The third kappa shape index (κ3) is 2.66. The molecule has 4 heteroatoms. The van der Waals surface area contributed by atoms with Crippen LogP contribution in [0.3, 0.4) is 0 Å². The van der Waals surface area contributed by atoms with Crippen LogP contribution in [0.2, 0.25) is 0 Å². The summed E-state index contributed by atoms with van der Waals surface area (Å²) in [4.78, 5) is 10.9. The van der Waals surface area contributed by atoms with Crippen molar-refractivity contribution in [1.82, 2.24) is 5.32 Å². The molecule has 0 heterocycles. The van der Waals surface area contributed by atoms with Crippen molar-refractivity contribution in [3.63, 3.8) is 0 Å². The number of ether oxygens (including phenoxy) is 1. The number of hydrogen-bond acceptors (Lipinski definition) is 3. The largest absolute Gasteiger partial charge is 0.492 e. The molecule has 0 radical (unpaired) electrons. The van der Waals surface area contributed by atoms with Crippen molar-refractivity contribution in [3.05, 3.63) is 29.8 Å². The van der Waals surface area contributed by atoms with Gasteiger partial charge in [-0.3, -0.25) is 0 Å². The van der Waals surface area contributed by atoms with Gasteiger partial charge in [0.15, 0.2) is 0 Å². The highest BCUT2D eigenvalue weighted by atomic mass is 16.5. The summed E-state index contributed by atoms with van der Waals surface area (Å²) in [6.45, 7) is 10.4. The van der Waals surface area contributed by atoms with Gasteiger partial charge in [-0.05, 0) is 29.0 Å². The van der Waals surface area contributed by atoms with Crippen molar-refractivity contribution in [3.8, 4) is 5.75 Å². The van der Waals surface area contributed by atoms with Gasteiger partial charge >= 0.3 is 5.97 Å². The lowest BCUT2D eigenvalue weighted by molar-refractivity contribution is 0.0696. The van der Waals surface area contributed by atoms with Gasteiger partial charge in [0.25, 0.3) is 0 Å². The Balaban J connectivity index is 1.77. The van der Waals surface area contributed by atoms with E-state index in [9.17, 15) is 4.79 Å². The molecule has 4 nitrogen and oxygen atoms in total. The van der Waals surface area contributed by atoms with E-state index in [4.69, 9.17) is 9.84 Å². The Hall–Kier alpha value is -1.55. The maximum absolute atomic E-state index is 10.9. The lowest BCUT2D eigenvalue weighted by Crippen LogP contribution is -2.27. The summed E-state index contributed by atoms with van der Waals surface area (Å²) in [5, 5.41) is 12.4. The van der Waals surface area contributed by atoms with E-state index in [2.05, 4.69) is 33.0 Å². The third-order valence-corrected chi connectivity index (χ3v) is 4.82. The van der Waals surface area contributed by atoms with E-state index < -0.39 is 5.97 Å². The average Bonchev–Trinajstić information content (AvgIpc) is 2.76. The van der Waals surface area contributed by atoms with Crippen LogP contribution in [0.25, 0.3) is 0 Å². The van der Waals surface area contributed by atoms with E-state index in [1.807, 2.05) is 0 Å². The number of aromatic carboxylic acids is 1. The van der Waals surface area contributed by atoms with E-state index in [-0.39, 0.29) is 5.56 Å². The van der Waals surface area contributed by atoms with Crippen LogP contribution in [-0.4, -0.2) is 30.3 Å². The lowest BCUT2D eigenvalue weighted by Gasteiger charge is -2.09. The minimum atomic E-state index is -0.935. The van der Waals surface area contributed by atoms with Crippen LogP contribution in [0.15, 0.2) is 24.3 Å². The van der Waals surface area contributed by atoms with Crippen LogP contribution in [0.1, 0.15) is 38.1 Å². The van der Waals surface area contributed by atoms with Gasteiger partial charge in [-0.25, -0.2) is 4.79 Å². The smallest absolute Gasteiger partial charge is 0.335 e. The normalized spacial score (nSPS) is 19.6. The molecule has 1 aliphatic carbocycles. The van der Waals surface area contributed by atoms with Gasteiger partial charge in [0, 0.05) is 12.6 Å². The Morgan fingerprint density at radius 1 is 1.30 bits per heavy atom. The molecule has 0 atom stereocenters. The molecule has 0 aliphatic heterocycles. The number of hydrogen-bond donors (Lipinski definition) is 2. The van der Waals surface area contributed by atoms with Crippen molar-refractivity contribution in [1.29, 1.82) is 0 Å². The highest BCUT2D eigenvalue weighted by Crippen LogP contribution is 2.62. The quantitative estimate of drug-likeness (QED) is 0.785. The number of benzene rings is 1. The van der Waals surface area contributed by atoms with Gasteiger partial charge in [0.1, 0.15) is 12.4 Å². The molecule has 20 heavy (non-hydrogen) atoms. The van der Waals surface area contributed by atoms with Crippen LogP contribution in [0.5, 0.6) is 5.75 Å². The Morgan fingerprint density at radius 2 is 1.95 bits per heavy atom. The number of rotatable bonds is 6. The van der Waals surface area contributed by atoms with E-state index in [1.165, 1.54) is 0 Å². The average molecular weight is 277 g/mol. The van der Waals surface area contributed by atoms with Gasteiger partial charge in [0.05, 0.1) is 5.56 Å². The van der Waals surface area contributed by atoms with Crippen molar-refractivity contribution in [2.24, 2.45) is 10.8 Å². The van der Waals surface area contributed by atoms with Gasteiger partial charge in [-0.15, -0.1) is 0 Å². The fraction of sp³-hybridized carbons (Fsp3) is 0.562. The van der Waals surface area contributed by atoms with Crippen molar-refractivity contribution >= 4 is 5.97 Å². The SMILES string of the molecule is CC1(C)C(NCCOc2cccc(C(=O)O)c2)C1(C)C. The molecule has 1 aromatic carbocycles. The summed E-state index contributed by atoms with van der Waals surface area (Å²) in [5.41, 5.74) is 0.881. The number of carboxylic acid groups (broad SMARTS) is 1. The summed E-state index contributed by atoms with van der Waals surface area (Å²) < 4.78 is 5.59. The zero-order valence-electron chi connectivity index (χ0n) is 12.6. The molecule has 1 fully saturated rings. The Morgan fingerprint density at radius 3 is 2.50 bits per heavy atom. The first kappa shape index (κ1) is 14.9. The first-order valence-corrected chi connectivity index (χ1v) is 6.96. The molecule has 0 amide bonds. The first-order valence-electron chi connectivity index (χ1n) is 6.96. The minimum absolute atomic E-state index is 0.250. The molecule has 1 saturated carbocycles. The van der Waals surface area contributed by atoms with Crippen molar-refractivity contribution < 1.29 is 14.6 Å². The number of nitrogens with one attached hydrogen (secondary N) is 1. The highest BCUT2D eigenvalue weighted by Gasteiger charge is 2.64. The predicted molar refractivity (Wildman–Crippen MR) is 78.2 cm³/mol. The van der Waals surface area contributed by atoms with E-state index >= 15 is 0 Å². The number of carbonyl (C=O) groups is 1.